The van der Waals surface area contributed by atoms with E-state index in [1.807, 2.05) is 0 Å². The molecule has 2 heterocycles. The van der Waals surface area contributed by atoms with Crippen molar-refractivity contribution in [3.63, 3.8) is 0 Å². The molecule has 0 aliphatic carbocycles. The molecule has 20 heavy (non-hydrogen) atoms. The highest BCUT2D eigenvalue weighted by Gasteiger charge is 2.42. The summed E-state index contributed by atoms with van der Waals surface area (Å²) in [6, 6.07) is 4.46. The van der Waals surface area contributed by atoms with Crippen LogP contribution >= 0.6 is 22.9 Å². The van der Waals surface area contributed by atoms with Crippen molar-refractivity contribution < 1.29 is 14.4 Å². The van der Waals surface area contributed by atoms with Crippen molar-refractivity contribution in [1.82, 2.24) is 15.1 Å². The summed E-state index contributed by atoms with van der Waals surface area (Å²) in [5, 5.41) is 6.85. The Kier molecular flexibility index (Phi) is 2.77. The summed E-state index contributed by atoms with van der Waals surface area (Å²) in [6.07, 6.45) is 0. The Morgan fingerprint density at radius 3 is 2.60 bits per heavy atom. The summed E-state index contributed by atoms with van der Waals surface area (Å²) < 4.78 is 0.0458. The third-order valence-corrected chi connectivity index (χ3v) is 3.74. The predicted octanol–water partition coefficient (Wildman–Crippen LogP) is 1.21. The van der Waals surface area contributed by atoms with E-state index in [-0.39, 0.29) is 26.3 Å². The number of nitrogens with zero attached hydrogens (tertiary/aromatic N) is 3. The highest BCUT2D eigenvalue weighted by molar-refractivity contribution is 7.17. The summed E-state index contributed by atoms with van der Waals surface area (Å²) >= 11 is 6.37. The average molecular weight is 309 g/mol. The largest absolute Gasteiger partial charge is 0.398 e. The molecule has 3 amide bonds. The smallest absolute Gasteiger partial charge is 0.298 e. The Labute approximate surface area is 121 Å². The van der Waals surface area contributed by atoms with Crippen molar-refractivity contribution in [2.24, 2.45) is 0 Å². The maximum atomic E-state index is 12.2. The zero-order chi connectivity index (χ0) is 14.4. The summed E-state index contributed by atoms with van der Waals surface area (Å²) in [5.74, 6) is -2.35. The number of rotatable bonds is 1. The van der Waals surface area contributed by atoms with Gasteiger partial charge in [0.1, 0.15) is 0 Å². The van der Waals surface area contributed by atoms with E-state index in [1.54, 1.807) is 0 Å². The molecule has 1 aliphatic heterocycles. The second-order valence-corrected chi connectivity index (χ2v) is 5.44. The van der Waals surface area contributed by atoms with Crippen molar-refractivity contribution in [2.45, 2.75) is 0 Å². The third-order valence-electron chi connectivity index (χ3n) is 2.73. The first-order valence-electron chi connectivity index (χ1n) is 5.31. The number of halogens is 1. The Morgan fingerprint density at radius 2 is 2.00 bits per heavy atom. The number of amides is 3. The molecule has 1 aromatic carbocycles. The second kappa shape index (κ2) is 4.36. The molecule has 2 aromatic rings. The van der Waals surface area contributed by atoms with Crippen LogP contribution in [-0.2, 0) is 0 Å². The summed E-state index contributed by atoms with van der Waals surface area (Å²) in [7, 11) is 0. The molecular weight excluding hydrogens is 304 g/mol. The van der Waals surface area contributed by atoms with Crippen LogP contribution in [0.5, 0.6) is 0 Å². The molecule has 0 atom stereocenters. The third kappa shape index (κ3) is 1.69. The van der Waals surface area contributed by atoms with E-state index < -0.39 is 17.7 Å². The van der Waals surface area contributed by atoms with Crippen molar-refractivity contribution in [3.8, 4) is 0 Å². The first-order valence-corrected chi connectivity index (χ1v) is 6.50. The second-order valence-electron chi connectivity index (χ2n) is 3.88. The van der Waals surface area contributed by atoms with Gasteiger partial charge in [-0.3, -0.25) is 14.4 Å². The molecule has 9 heteroatoms. The molecule has 0 unspecified atom stereocenters. The monoisotopic (exact) mass is 308 g/mol. The van der Waals surface area contributed by atoms with Gasteiger partial charge in [0.05, 0.1) is 11.1 Å². The molecule has 3 rings (SSSR count). The SMILES string of the molecule is Nc1cccc2c1C(=O)N(C(=O)c1nnc(Cl)s1)C2=O. The minimum Gasteiger partial charge on any atom is -0.398 e. The van der Waals surface area contributed by atoms with Crippen LogP contribution in [0.3, 0.4) is 0 Å². The fraction of sp³-hybridized carbons (Fsp3) is 0. The first kappa shape index (κ1) is 12.7. The van der Waals surface area contributed by atoms with Crippen LogP contribution in [0.4, 0.5) is 5.69 Å². The molecular formula is C11H5ClN4O3S. The number of nitrogens with two attached hydrogens (primary N) is 1. The van der Waals surface area contributed by atoms with Gasteiger partial charge in [0.15, 0.2) is 0 Å². The normalized spacial score (nSPS) is 13.8. The van der Waals surface area contributed by atoms with Gasteiger partial charge >= 0.3 is 0 Å². The maximum absolute atomic E-state index is 12.2. The minimum atomic E-state index is -0.861. The molecule has 0 spiro atoms. The summed E-state index contributed by atoms with van der Waals surface area (Å²) in [6.45, 7) is 0. The minimum absolute atomic E-state index is 0.0291. The van der Waals surface area contributed by atoms with Gasteiger partial charge in [-0.15, -0.1) is 10.2 Å². The van der Waals surface area contributed by atoms with Gasteiger partial charge in [-0.2, -0.15) is 0 Å². The standard InChI is InChI=1S/C11H5ClN4O3S/c12-11-15-14-7(20-11)10(19)16-8(17)4-2-1-3-5(13)6(4)9(16)18/h1-3H,13H2. The number of benzene rings is 1. The van der Waals surface area contributed by atoms with Gasteiger partial charge in [0.2, 0.25) is 9.47 Å². The van der Waals surface area contributed by atoms with E-state index in [0.717, 1.165) is 11.3 Å². The number of anilines is 1. The molecule has 0 saturated carbocycles. The lowest BCUT2D eigenvalue weighted by Crippen LogP contribution is -2.36. The maximum Gasteiger partial charge on any atom is 0.298 e. The van der Waals surface area contributed by atoms with Crippen molar-refractivity contribution in [3.05, 3.63) is 38.8 Å². The lowest BCUT2D eigenvalue weighted by atomic mass is 10.1. The molecule has 0 saturated heterocycles. The van der Waals surface area contributed by atoms with E-state index in [9.17, 15) is 14.4 Å². The first-order chi connectivity index (χ1) is 9.50. The molecule has 0 fully saturated rings. The van der Waals surface area contributed by atoms with E-state index in [0.29, 0.717) is 4.90 Å². The predicted molar refractivity (Wildman–Crippen MR) is 70.6 cm³/mol. The number of carbonyl (C=O) groups excluding carboxylic acids is 3. The summed E-state index contributed by atoms with van der Waals surface area (Å²) in [5.41, 5.74) is 5.94. The number of aromatic nitrogens is 2. The summed E-state index contributed by atoms with van der Waals surface area (Å²) in [4.78, 5) is 37.0. The fourth-order valence-corrected chi connectivity index (χ4v) is 2.64. The van der Waals surface area contributed by atoms with Gasteiger partial charge in [-0.05, 0) is 23.7 Å². The number of hydrogen-bond donors (Lipinski definition) is 1. The van der Waals surface area contributed by atoms with Gasteiger partial charge in [0, 0.05) is 5.69 Å². The number of fused-ring (bicyclic) bond motifs is 1. The van der Waals surface area contributed by atoms with Crippen molar-refractivity contribution in [2.75, 3.05) is 5.73 Å². The highest BCUT2D eigenvalue weighted by Crippen LogP contribution is 2.29. The van der Waals surface area contributed by atoms with Crippen LogP contribution < -0.4 is 5.73 Å². The zero-order valence-electron chi connectivity index (χ0n) is 9.66. The van der Waals surface area contributed by atoms with Gasteiger partial charge in [-0.25, -0.2) is 4.90 Å². The van der Waals surface area contributed by atoms with Crippen LogP contribution in [0.25, 0.3) is 0 Å². The average Bonchev–Trinajstić information content (AvgIpc) is 2.94. The Balaban J connectivity index is 2.06. The van der Waals surface area contributed by atoms with Gasteiger partial charge < -0.3 is 5.73 Å². The topological polar surface area (TPSA) is 106 Å². The molecule has 1 aromatic heterocycles. The number of carbonyl (C=O) groups is 3. The Morgan fingerprint density at radius 1 is 1.25 bits per heavy atom. The molecule has 0 radical (unpaired) electrons. The van der Waals surface area contributed by atoms with E-state index in [2.05, 4.69) is 10.2 Å². The van der Waals surface area contributed by atoms with Crippen LogP contribution in [0.2, 0.25) is 4.47 Å². The zero-order valence-corrected chi connectivity index (χ0v) is 11.2. The molecule has 100 valence electrons. The lowest BCUT2D eigenvalue weighted by molar-refractivity contribution is 0.0566. The Bertz CT molecular complexity index is 773. The van der Waals surface area contributed by atoms with Crippen molar-refractivity contribution in [1.29, 1.82) is 0 Å². The van der Waals surface area contributed by atoms with Crippen LogP contribution in [-0.4, -0.2) is 32.8 Å². The van der Waals surface area contributed by atoms with E-state index >= 15 is 0 Å². The molecule has 2 N–H and O–H groups in total. The molecule has 7 nitrogen and oxygen atoms in total. The number of hydrogen-bond acceptors (Lipinski definition) is 7. The van der Waals surface area contributed by atoms with Gasteiger partial charge in [-0.1, -0.05) is 17.4 Å². The van der Waals surface area contributed by atoms with Gasteiger partial charge in [0.25, 0.3) is 17.7 Å². The number of nitrogen functional groups attached to an aromatic ring is 1. The highest BCUT2D eigenvalue weighted by atomic mass is 35.5. The Hall–Kier alpha value is -2.32. The molecule has 1 aliphatic rings. The lowest BCUT2D eigenvalue weighted by Gasteiger charge is -2.08. The van der Waals surface area contributed by atoms with E-state index in [1.165, 1.54) is 18.2 Å². The van der Waals surface area contributed by atoms with Crippen LogP contribution in [0.1, 0.15) is 30.5 Å². The van der Waals surface area contributed by atoms with E-state index in [4.69, 9.17) is 17.3 Å². The van der Waals surface area contributed by atoms with Crippen LogP contribution in [0.15, 0.2) is 18.2 Å². The fourth-order valence-electron chi connectivity index (χ4n) is 1.88. The van der Waals surface area contributed by atoms with Crippen LogP contribution in [0, 0.1) is 0 Å². The quantitative estimate of drug-likeness (QED) is 0.627. The van der Waals surface area contributed by atoms with Crippen molar-refractivity contribution >= 4 is 46.3 Å². The number of imide groups is 3. The molecule has 0 bridgehead atoms.